The van der Waals surface area contributed by atoms with Crippen molar-refractivity contribution < 1.29 is 19.4 Å². The number of likely N-dealkylation sites (tertiary alicyclic amines) is 1. The van der Waals surface area contributed by atoms with Crippen molar-refractivity contribution in [3.8, 4) is 5.75 Å². The van der Waals surface area contributed by atoms with Gasteiger partial charge in [0.15, 0.2) is 0 Å². The lowest BCUT2D eigenvalue weighted by atomic mass is 9.94. The average Bonchev–Trinajstić information content (AvgIpc) is 3.05. The van der Waals surface area contributed by atoms with E-state index in [1.807, 2.05) is 31.2 Å². The van der Waals surface area contributed by atoms with Gasteiger partial charge >= 0.3 is 0 Å². The largest absolute Gasteiger partial charge is 0.507 e. The number of hydrogen-bond donors (Lipinski definition) is 1. The quantitative estimate of drug-likeness (QED) is 0.388. The zero-order chi connectivity index (χ0) is 22.0. The van der Waals surface area contributed by atoms with Crippen molar-refractivity contribution in [1.82, 2.24) is 9.88 Å². The number of aliphatic hydroxyl groups excluding tert-OH is 1. The van der Waals surface area contributed by atoms with Gasteiger partial charge in [-0.15, -0.1) is 0 Å². The maximum absolute atomic E-state index is 13.1. The highest BCUT2D eigenvalue weighted by Gasteiger charge is 2.46. The van der Waals surface area contributed by atoms with E-state index in [2.05, 4.69) is 4.98 Å². The van der Waals surface area contributed by atoms with Gasteiger partial charge in [-0.05, 0) is 42.3 Å². The summed E-state index contributed by atoms with van der Waals surface area (Å²) in [6, 6.07) is 17.3. The molecule has 0 saturated carbocycles. The number of aryl methyl sites for hydroxylation is 1. The Morgan fingerprint density at radius 2 is 1.77 bits per heavy atom. The number of pyridine rings is 1. The van der Waals surface area contributed by atoms with Gasteiger partial charge in [0.2, 0.25) is 0 Å². The van der Waals surface area contributed by atoms with Crippen LogP contribution in [-0.2, 0) is 16.1 Å². The van der Waals surface area contributed by atoms with E-state index >= 15 is 0 Å². The topological polar surface area (TPSA) is 79.7 Å². The van der Waals surface area contributed by atoms with E-state index in [1.54, 1.807) is 48.8 Å². The Morgan fingerprint density at radius 1 is 1.06 bits per heavy atom. The number of amides is 1. The zero-order valence-electron chi connectivity index (χ0n) is 17.3. The highest BCUT2D eigenvalue weighted by Crippen LogP contribution is 2.40. The van der Waals surface area contributed by atoms with Crippen molar-refractivity contribution >= 4 is 17.4 Å². The van der Waals surface area contributed by atoms with Crippen LogP contribution in [0, 0.1) is 6.92 Å². The van der Waals surface area contributed by atoms with Crippen LogP contribution in [0.3, 0.4) is 0 Å². The first-order chi connectivity index (χ1) is 15.0. The van der Waals surface area contributed by atoms with Crippen LogP contribution in [0.15, 0.2) is 78.6 Å². The fraction of sp³-hybridized carbons (Fsp3) is 0.160. The molecule has 3 aromatic rings. The van der Waals surface area contributed by atoms with E-state index in [0.29, 0.717) is 11.3 Å². The number of aromatic nitrogens is 1. The number of hydrogen-bond acceptors (Lipinski definition) is 5. The molecule has 2 aromatic carbocycles. The van der Waals surface area contributed by atoms with Crippen molar-refractivity contribution in [2.24, 2.45) is 0 Å². The molecule has 1 atom stereocenters. The Kier molecular flexibility index (Phi) is 5.54. The minimum Gasteiger partial charge on any atom is -0.507 e. The highest BCUT2D eigenvalue weighted by atomic mass is 16.5. The molecule has 1 saturated heterocycles. The van der Waals surface area contributed by atoms with E-state index in [4.69, 9.17) is 4.74 Å². The van der Waals surface area contributed by atoms with Gasteiger partial charge < -0.3 is 14.7 Å². The number of Topliss-reactive ketones (excluding diaryl/α,β-unsaturated/α-hetero) is 1. The van der Waals surface area contributed by atoms with Crippen LogP contribution in [0.1, 0.15) is 28.3 Å². The number of carbonyl (C=O) groups excluding carboxylic acids is 2. The van der Waals surface area contributed by atoms with E-state index in [9.17, 15) is 14.7 Å². The predicted octanol–water partition coefficient (Wildman–Crippen LogP) is 4.02. The molecule has 1 aliphatic rings. The summed E-state index contributed by atoms with van der Waals surface area (Å²) in [6.07, 6.45) is 3.28. The lowest BCUT2D eigenvalue weighted by Gasteiger charge is -2.25. The number of benzene rings is 2. The third-order valence-electron chi connectivity index (χ3n) is 5.38. The Labute approximate surface area is 180 Å². The normalized spacial score (nSPS) is 17.7. The first-order valence-electron chi connectivity index (χ1n) is 9.88. The smallest absolute Gasteiger partial charge is 0.295 e. The van der Waals surface area contributed by atoms with Crippen molar-refractivity contribution in [1.29, 1.82) is 0 Å². The highest BCUT2D eigenvalue weighted by molar-refractivity contribution is 6.46. The number of carbonyl (C=O) groups is 2. The summed E-state index contributed by atoms with van der Waals surface area (Å²) < 4.78 is 5.24. The number of rotatable bonds is 5. The van der Waals surface area contributed by atoms with Crippen molar-refractivity contribution in [3.63, 3.8) is 0 Å². The van der Waals surface area contributed by atoms with Gasteiger partial charge in [0, 0.05) is 24.5 Å². The van der Waals surface area contributed by atoms with E-state index in [0.717, 1.165) is 16.7 Å². The second-order valence-electron chi connectivity index (χ2n) is 7.43. The molecule has 1 aliphatic heterocycles. The van der Waals surface area contributed by atoms with Gasteiger partial charge in [-0.2, -0.15) is 0 Å². The Morgan fingerprint density at radius 3 is 2.45 bits per heavy atom. The van der Waals surface area contributed by atoms with Gasteiger partial charge in [-0.25, -0.2) is 0 Å². The maximum atomic E-state index is 13.1. The molecule has 156 valence electrons. The molecule has 0 radical (unpaired) electrons. The summed E-state index contributed by atoms with van der Waals surface area (Å²) in [7, 11) is 1.53. The van der Waals surface area contributed by atoms with Crippen LogP contribution in [0.5, 0.6) is 5.75 Å². The lowest BCUT2D eigenvalue weighted by molar-refractivity contribution is -0.140. The summed E-state index contributed by atoms with van der Waals surface area (Å²) in [4.78, 5) is 31.6. The van der Waals surface area contributed by atoms with Gasteiger partial charge in [0.1, 0.15) is 11.5 Å². The van der Waals surface area contributed by atoms with E-state index in [1.165, 1.54) is 12.0 Å². The Hall–Kier alpha value is -3.93. The third-order valence-corrected chi connectivity index (χ3v) is 5.38. The van der Waals surface area contributed by atoms with Crippen molar-refractivity contribution in [3.05, 3.63) is 101 Å². The van der Waals surface area contributed by atoms with Crippen LogP contribution in [0.25, 0.3) is 5.76 Å². The molecule has 4 rings (SSSR count). The van der Waals surface area contributed by atoms with Crippen LogP contribution in [-0.4, -0.2) is 33.8 Å². The fourth-order valence-corrected chi connectivity index (χ4v) is 3.75. The third kappa shape index (κ3) is 3.92. The van der Waals surface area contributed by atoms with Gasteiger partial charge in [-0.1, -0.05) is 42.0 Å². The molecule has 1 amide bonds. The molecule has 1 aromatic heterocycles. The summed E-state index contributed by atoms with van der Waals surface area (Å²) in [5, 5.41) is 11.1. The van der Waals surface area contributed by atoms with E-state index < -0.39 is 17.7 Å². The number of ether oxygens (including phenoxy) is 1. The summed E-state index contributed by atoms with van der Waals surface area (Å²) in [6.45, 7) is 2.19. The fourth-order valence-electron chi connectivity index (χ4n) is 3.75. The number of ketones is 1. The van der Waals surface area contributed by atoms with Crippen molar-refractivity contribution in [2.75, 3.05) is 7.11 Å². The van der Waals surface area contributed by atoms with Crippen LogP contribution in [0.4, 0.5) is 0 Å². The second kappa shape index (κ2) is 8.44. The molecule has 6 nitrogen and oxygen atoms in total. The molecule has 0 bridgehead atoms. The average molecular weight is 414 g/mol. The molecule has 0 spiro atoms. The summed E-state index contributed by atoms with van der Waals surface area (Å²) in [5.41, 5.74) is 3.14. The number of nitrogens with zero attached hydrogens (tertiary/aromatic N) is 2. The molecule has 0 aliphatic carbocycles. The predicted molar refractivity (Wildman–Crippen MR) is 116 cm³/mol. The van der Waals surface area contributed by atoms with Crippen LogP contribution >= 0.6 is 0 Å². The number of methoxy groups -OCH3 is 1. The van der Waals surface area contributed by atoms with Gasteiger partial charge in [0.25, 0.3) is 11.7 Å². The first kappa shape index (κ1) is 20.3. The maximum Gasteiger partial charge on any atom is 0.295 e. The minimum atomic E-state index is -0.708. The Balaban J connectivity index is 1.86. The monoisotopic (exact) mass is 414 g/mol. The molecule has 6 heteroatoms. The van der Waals surface area contributed by atoms with E-state index in [-0.39, 0.29) is 17.9 Å². The van der Waals surface area contributed by atoms with Gasteiger partial charge in [0.05, 0.1) is 18.7 Å². The first-order valence-corrected chi connectivity index (χ1v) is 9.88. The summed E-state index contributed by atoms with van der Waals surface area (Å²) >= 11 is 0. The van der Waals surface area contributed by atoms with Gasteiger partial charge in [-0.3, -0.25) is 14.6 Å². The lowest BCUT2D eigenvalue weighted by Crippen LogP contribution is -2.29. The Bertz CT molecular complexity index is 1150. The number of aliphatic hydroxyl groups is 1. The second-order valence-corrected chi connectivity index (χ2v) is 7.43. The van der Waals surface area contributed by atoms with Crippen LogP contribution < -0.4 is 4.74 Å². The molecule has 1 unspecified atom stereocenters. The standard InChI is InChI=1S/C25H22N2O4/c1-16-6-8-18(9-7-16)22-21(23(28)19-4-3-5-20(14-19)31-2)24(29)25(30)27(22)15-17-10-12-26-13-11-17/h3-14,22,28H,15H2,1-2H3. The molecule has 1 N–H and O–H groups in total. The van der Waals surface area contributed by atoms with Crippen molar-refractivity contribution in [2.45, 2.75) is 19.5 Å². The molecule has 31 heavy (non-hydrogen) atoms. The van der Waals surface area contributed by atoms with Crippen LogP contribution in [0.2, 0.25) is 0 Å². The minimum absolute atomic E-state index is 0.0659. The molecule has 2 heterocycles. The molecular weight excluding hydrogens is 392 g/mol. The summed E-state index contributed by atoms with van der Waals surface area (Å²) in [5.74, 6) is -1.03. The molecular formula is C25H22N2O4. The SMILES string of the molecule is COc1cccc(C(O)=C2C(=O)C(=O)N(Cc3ccncc3)C2c2ccc(C)cc2)c1. The zero-order valence-corrected chi connectivity index (χ0v) is 17.3. The molecule has 1 fully saturated rings.